The van der Waals surface area contributed by atoms with E-state index in [1.807, 2.05) is 35.8 Å². The minimum atomic E-state index is -0.338. The van der Waals surface area contributed by atoms with Gasteiger partial charge in [0.15, 0.2) is 11.0 Å². The summed E-state index contributed by atoms with van der Waals surface area (Å²) in [4.78, 5) is 0. The Morgan fingerprint density at radius 1 is 1.08 bits per heavy atom. The molecular formula is C17H14Cl2FN3S. The van der Waals surface area contributed by atoms with Crippen LogP contribution in [0.2, 0.25) is 10.0 Å². The number of rotatable bonds is 5. The monoisotopic (exact) mass is 381 g/mol. The molecule has 0 unspecified atom stereocenters. The maximum absolute atomic E-state index is 13.1. The van der Waals surface area contributed by atoms with Gasteiger partial charge in [-0.15, -0.1) is 10.2 Å². The fourth-order valence-electron chi connectivity index (χ4n) is 2.27. The molecule has 0 spiro atoms. The second kappa shape index (κ2) is 7.55. The molecule has 1 heterocycles. The molecule has 0 radical (unpaired) electrons. The third kappa shape index (κ3) is 3.74. The van der Waals surface area contributed by atoms with Crippen LogP contribution in [0.15, 0.2) is 47.6 Å². The van der Waals surface area contributed by atoms with E-state index in [4.69, 9.17) is 23.2 Å². The van der Waals surface area contributed by atoms with Gasteiger partial charge in [-0.1, -0.05) is 41.0 Å². The highest BCUT2D eigenvalue weighted by atomic mass is 35.5. The molecule has 0 aliphatic heterocycles. The van der Waals surface area contributed by atoms with Crippen LogP contribution in [0.5, 0.6) is 0 Å². The summed E-state index contributed by atoms with van der Waals surface area (Å²) in [5.74, 6) is 1.05. The van der Waals surface area contributed by atoms with Crippen molar-refractivity contribution in [3.63, 3.8) is 0 Å². The maximum atomic E-state index is 13.1. The zero-order valence-electron chi connectivity index (χ0n) is 12.8. The van der Waals surface area contributed by atoms with Gasteiger partial charge in [0.1, 0.15) is 5.82 Å². The van der Waals surface area contributed by atoms with E-state index in [0.717, 1.165) is 28.7 Å². The third-order valence-corrected chi connectivity index (χ3v) is 5.13. The van der Waals surface area contributed by atoms with Gasteiger partial charge in [-0.3, -0.25) is 0 Å². The topological polar surface area (TPSA) is 30.7 Å². The molecule has 0 N–H and O–H groups in total. The number of benzene rings is 2. The molecule has 3 aromatic rings. The molecule has 24 heavy (non-hydrogen) atoms. The highest BCUT2D eigenvalue weighted by molar-refractivity contribution is 7.98. The van der Waals surface area contributed by atoms with Crippen LogP contribution in [0.25, 0.3) is 11.4 Å². The van der Waals surface area contributed by atoms with Crippen LogP contribution >= 0.6 is 35.0 Å². The SMILES string of the molecule is CCn1c(SCc2ccc(F)cc2Cl)nnc1-c1ccc(Cl)cc1. The summed E-state index contributed by atoms with van der Waals surface area (Å²) >= 11 is 13.5. The Morgan fingerprint density at radius 2 is 1.83 bits per heavy atom. The van der Waals surface area contributed by atoms with E-state index in [1.165, 1.54) is 23.9 Å². The molecule has 0 amide bonds. The van der Waals surface area contributed by atoms with E-state index < -0.39 is 0 Å². The molecule has 0 aliphatic rings. The van der Waals surface area contributed by atoms with Crippen molar-refractivity contribution >= 4 is 35.0 Å². The Kier molecular flexibility index (Phi) is 5.43. The molecule has 0 saturated carbocycles. The van der Waals surface area contributed by atoms with Crippen LogP contribution in [0.3, 0.4) is 0 Å². The molecule has 0 aliphatic carbocycles. The number of hydrogen-bond donors (Lipinski definition) is 0. The quantitative estimate of drug-likeness (QED) is 0.530. The van der Waals surface area contributed by atoms with Crippen LogP contribution in [-0.2, 0) is 12.3 Å². The zero-order chi connectivity index (χ0) is 17.1. The van der Waals surface area contributed by atoms with Crippen molar-refractivity contribution in [1.82, 2.24) is 14.8 Å². The van der Waals surface area contributed by atoms with Crippen LogP contribution in [0.1, 0.15) is 12.5 Å². The Morgan fingerprint density at radius 3 is 2.50 bits per heavy atom. The first-order chi connectivity index (χ1) is 11.6. The molecule has 3 nitrogen and oxygen atoms in total. The lowest BCUT2D eigenvalue weighted by Gasteiger charge is -2.08. The molecule has 0 bridgehead atoms. The molecule has 124 valence electrons. The van der Waals surface area contributed by atoms with Gasteiger partial charge < -0.3 is 4.57 Å². The van der Waals surface area contributed by atoms with Crippen molar-refractivity contribution in [3.05, 3.63) is 63.9 Å². The molecule has 3 rings (SSSR count). The Hall–Kier alpha value is -1.56. The van der Waals surface area contributed by atoms with Crippen LogP contribution in [0.4, 0.5) is 4.39 Å². The number of nitrogens with zero attached hydrogens (tertiary/aromatic N) is 3. The van der Waals surface area contributed by atoms with Crippen LogP contribution in [-0.4, -0.2) is 14.8 Å². The van der Waals surface area contributed by atoms with Crippen molar-refractivity contribution in [2.24, 2.45) is 0 Å². The molecule has 0 saturated heterocycles. The summed E-state index contributed by atoms with van der Waals surface area (Å²) in [5, 5.41) is 10.5. The molecular weight excluding hydrogens is 368 g/mol. The first kappa shape index (κ1) is 17.3. The van der Waals surface area contributed by atoms with Gasteiger partial charge >= 0.3 is 0 Å². The van der Waals surface area contributed by atoms with Crippen molar-refractivity contribution in [2.45, 2.75) is 24.4 Å². The first-order valence-corrected chi connectivity index (χ1v) is 9.08. The van der Waals surface area contributed by atoms with Gasteiger partial charge in [0.05, 0.1) is 0 Å². The summed E-state index contributed by atoms with van der Waals surface area (Å²) < 4.78 is 15.2. The molecule has 7 heteroatoms. The predicted octanol–water partition coefficient (Wildman–Crippen LogP) is 5.70. The first-order valence-electron chi connectivity index (χ1n) is 7.34. The van der Waals surface area contributed by atoms with E-state index in [1.54, 1.807) is 6.07 Å². The average Bonchev–Trinajstić information content (AvgIpc) is 2.97. The summed E-state index contributed by atoms with van der Waals surface area (Å²) in [7, 11) is 0. The smallest absolute Gasteiger partial charge is 0.191 e. The van der Waals surface area contributed by atoms with Gasteiger partial charge in [-0.25, -0.2) is 4.39 Å². The summed E-state index contributed by atoms with van der Waals surface area (Å²) in [6.45, 7) is 2.78. The fraction of sp³-hybridized carbons (Fsp3) is 0.176. The lowest BCUT2D eigenvalue weighted by Crippen LogP contribution is -2.00. The highest BCUT2D eigenvalue weighted by Crippen LogP contribution is 2.29. The zero-order valence-corrected chi connectivity index (χ0v) is 15.2. The van der Waals surface area contributed by atoms with E-state index >= 15 is 0 Å². The Labute approximate surface area is 153 Å². The molecule has 2 aromatic carbocycles. The van der Waals surface area contributed by atoms with Crippen molar-refractivity contribution < 1.29 is 4.39 Å². The van der Waals surface area contributed by atoms with E-state index in [2.05, 4.69) is 10.2 Å². The summed E-state index contributed by atoms with van der Waals surface area (Å²) in [5.41, 5.74) is 1.82. The lowest BCUT2D eigenvalue weighted by atomic mass is 10.2. The normalized spacial score (nSPS) is 11.0. The third-order valence-electron chi connectivity index (χ3n) is 3.51. The van der Waals surface area contributed by atoms with E-state index in [9.17, 15) is 4.39 Å². The van der Waals surface area contributed by atoms with Crippen molar-refractivity contribution in [1.29, 1.82) is 0 Å². The van der Waals surface area contributed by atoms with Crippen LogP contribution < -0.4 is 0 Å². The van der Waals surface area contributed by atoms with Crippen LogP contribution in [0, 0.1) is 5.82 Å². The number of aromatic nitrogens is 3. The van der Waals surface area contributed by atoms with Gasteiger partial charge in [0.2, 0.25) is 0 Å². The summed E-state index contributed by atoms with van der Waals surface area (Å²) in [6, 6.07) is 11.9. The van der Waals surface area contributed by atoms with Gasteiger partial charge in [0.25, 0.3) is 0 Å². The van der Waals surface area contributed by atoms with Gasteiger partial charge in [0, 0.05) is 27.9 Å². The maximum Gasteiger partial charge on any atom is 0.191 e. The van der Waals surface area contributed by atoms with Crippen molar-refractivity contribution in [3.8, 4) is 11.4 Å². The van der Waals surface area contributed by atoms with Gasteiger partial charge in [-0.05, 0) is 48.9 Å². The minimum absolute atomic E-state index is 0.338. The fourth-order valence-corrected chi connectivity index (χ4v) is 3.72. The number of halogens is 3. The largest absolute Gasteiger partial charge is 0.302 e. The minimum Gasteiger partial charge on any atom is -0.302 e. The standard InChI is InChI=1S/C17H14Cl2FN3S/c1-2-23-16(11-3-6-13(18)7-4-11)21-22-17(23)24-10-12-5-8-14(20)9-15(12)19/h3-9H,2,10H2,1H3. The van der Waals surface area contributed by atoms with Gasteiger partial charge in [-0.2, -0.15) is 0 Å². The van der Waals surface area contributed by atoms with Crippen molar-refractivity contribution in [2.75, 3.05) is 0 Å². The number of thioether (sulfide) groups is 1. The Bertz CT molecular complexity index is 850. The van der Waals surface area contributed by atoms with E-state index in [0.29, 0.717) is 15.8 Å². The average molecular weight is 382 g/mol. The lowest BCUT2D eigenvalue weighted by molar-refractivity contribution is 0.627. The summed E-state index contributed by atoms with van der Waals surface area (Å²) in [6.07, 6.45) is 0. The Balaban J connectivity index is 1.83. The molecule has 0 fully saturated rings. The number of hydrogen-bond acceptors (Lipinski definition) is 3. The second-order valence-corrected chi connectivity index (χ2v) is 6.87. The highest BCUT2D eigenvalue weighted by Gasteiger charge is 2.14. The predicted molar refractivity (Wildman–Crippen MR) is 97.1 cm³/mol. The molecule has 1 aromatic heterocycles. The molecule has 0 atom stereocenters. The second-order valence-electron chi connectivity index (χ2n) is 5.08. The van der Waals surface area contributed by atoms with E-state index in [-0.39, 0.29) is 5.82 Å².